The Morgan fingerprint density at radius 2 is 2.16 bits per heavy atom. The van der Waals surface area contributed by atoms with E-state index in [9.17, 15) is 9.90 Å². The number of carboxylic acids is 1. The smallest absolute Gasteiger partial charge is 0.331 e. The second kappa shape index (κ2) is 5.38. The van der Waals surface area contributed by atoms with Gasteiger partial charge in [-0.05, 0) is 12.5 Å². The maximum Gasteiger partial charge on any atom is 0.331 e. The predicted octanol–water partition coefficient (Wildman–Crippen LogP) is 2.10. The zero-order valence-electron chi connectivity index (χ0n) is 10.4. The molecule has 0 aliphatic heterocycles. The highest BCUT2D eigenvalue weighted by atomic mass is 32.1. The Morgan fingerprint density at radius 3 is 2.68 bits per heavy atom. The van der Waals surface area contributed by atoms with Crippen LogP contribution in [0.5, 0.6) is 0 Å². The van der Waals surface area contributed by atoms with Crippen LogP contribution in [0.4, 0.5) is 5.82 Å². The number of nitrogens with two attached hydrogens (primary N) is 1. The fraction of sp³-hybridized carbons (Fsp3) is 0.231. The minimum atomic E-state index is -1.32. The Bertz CT molecular complexity index is 544. The van der Waals surface area contributed by atoms with Crippen molar-refractivity contribution in [3.05, 3.63) is 46.8 Å². The Kier molecular flexibility index (Phi) is 3.82. The number of hydrogen-bond donors (Lipinski definition) is 3. The number of thiazole rings is 1. The van der Waals surface area contributed by atoms with Gasteiger partial charge in [0.1, 0.15) is 5.82 Å². The van der Waals surface area contributed by atoms with E-state index in [-0.39, 0.29) is 0 Å². The summed E-state index contributed by atoms with van der Waals surface area (Å²) >= 11 is 1.39. The van der Waals surface area contributed by atoms with Crippen LogP contribution in [0.15, 0.2) is 41.2 Å². The van der Waals surface area contributed by atoms with Gasteiger partial charge >= 0.3 is 5.97 Å². The molecule has 5 nitrogen and oxygen atoms in total. The van der Waals surface area contributed by atoms with Crippen molar-refractivity contribution >= 4 is 23.1 Å². The molecule has 0 aliphatic carbocycles. The van der Waals surface area contributed by atoms with Crippen LogP contribution in [-0.2, 0) is 4.79 Å². The van der Waals surface area contributed by atoms with Crippen molar-refractivity contribution in [2.45, 2.75) is 18.5 Å². The SMILES string of the molecule is CC(Nc1cscn1)(C(=O)O)C(N)c1ccccc1. The Labute approximate surface area is 115 Å². The highest BCUT2D eigenvalue weighted by Crippen LogP contribution is 2.27. The number of nitrogens with one attached hydrogen (secondary N) is 1. The summed E-state index contributed by atoms with van der Waals surface area (Å²) in [6.07, 6.45) is 0. The van der Waals surface area contributed by atoms with E-state index in [1.807, 2.05) is 30.3 Å². The molecule has 2 rings (SSSR count). The monoisotopic (exact) mass is 277 g/mol. The van der Waals surface area contributed by atoms with Gasteiger partial charge in [-0.25, -0.2) is 9.78 Å². The van der Waals surface area contributed by atoms with Crippen LogP contribution in [0.2, 0.25) is 0 Å². The standard InChI is InChI=1S/C13H15N3O2S/c1-13(12(17)18,16-10-7-19-8-15-10)11(14)9-5-3-2-4-6-9/h2-8,11,16H,14H2,1H3,(H,17,18). The number of aliphatic carboxylic acids is 1. The first-order valence-corrected chi connectivity index (χ1v) is 6.68. The fourth-order valence-corrected chi connectivity index (χ4v) is 2.28. The zero-order chi connectivity index (χ0) is 13.9. The number of rotatable bonds is 5. The van der Waals surface area contributed by atoms with Crippen LogP contribution in [0.1, 0.15) is 18.5 Å². The summed E-state index contributed by atoms with van der Waals surface area (Å²) in [7, 11) is 0. The quantitative estimate of drug-likeness (QED) is 0.779. The van der Waals surface area contributed by atoms with Crippen LogP contribution in [0, 0.1) is 0 Å². The third kappa shape index (κ3) is 2.74. The number of aromatic nitrogens is 1. The van der Waals surface area contributed by atoms with Crippen LogP contribution in [0.25, 0.3) is 0 Å². The van der Waals surface area contributed by atoms with Crippen molar-refractivity contribution in [2.24, 2.45) is 5.73 Å². The molecule has 0 aliphatic rings. The molecule has 1 heterocycles. The molecule has 0 fully saturated rings. The van der Waals surface area contributed by atoms with Crippen LogP contribution < -0.4 is 11.1 Å². The van der Waals surface area contributed by atoms with E-state index < -0.39 is 17.6 Å². The number of carboxylic acid groups (broad SMARTS) is 1. The molecular formula is C13H15N3O2S. The maximum absolute atomic E-state index is 11.6. The molecule has 100 valence electrons. The molecule has 1 aromatic carbocycles. The number of nitrogens with zero attached hydrogens (tertiary/aromatic N) is 1. The highest BCUT2D eigenvalue weighted by molar-refractivity contribution is 7.07. The summed E-state index contributed by atoms with van der Waals surface area (Å²) in [6, 6.07) is 8.47. The lowest BCUT2D eigenvalue weighted by atomic mass is 9.87. The van der Waals surface area contributed by atoms with Crippen LogP contribution in [-0.4, -0.2) is 21.6 Å². The van der Waals surface area contributed by atoms with Gasteiger partial charge in [-0.1, -0.05) is 30.3 Å². The third-order valence-corrected chi connectivity index (χ3v) is 3.63. The van der Waals surface area contributed by atoms with Crippen LogP contribution >= 0.6 is 11.3 Å². The van der Waals surface area contributed by atoms with Gasteiger partial charge in [-0.15, -0.1) is 11.3 Å². The molecule has 0 amide bonds. The lowest BCUT2D eigenvalue weighted by Gasteiger charge is -2.32. The summed E-state index contributed by atoms with van der Waals surface area (Å²) in [5, 5.41) is 14.2. The molecule has 1 aromatic heterocycles. The topological polar surface area (TPSA) is 88.2 Å². The molecule has 2 atom stereocenters. The molecule has 0 spiro atoms. The van der Waals surface area contributed by atoms with Gasteiger partial charge < -0.3 is 16.2 Å². The van der Waals surface area contributed by atoms with Gasteiger partial charge in [0.05, 0.1) is 11.6 Å². The van der Waals surface area contributed by atoms with Crippen molar-refractivity contribution in [2.75, 3.05) is 5.32 Å². The van der Waals surface area contributed by atoms with Gasteiger partial charge in [-0.2, -0.15) is 0 Å². The van der Waals surface area contributed by atoms with E-state index in [4.69, 9.17) is 5.73 Å². The lowest BCUT2D eigenvalue weighted by Crippen LogP contribution is -2.52. The Morgan fingerprint density at radius 1 is 1.47 bits per heavy atom. The van der Waals surface area contributed by atoms with E-state index in [1.54, 1.807) is 17.8 Å². The minimum absolute atomic E-state index is 0.515. The van der Waals surface area contributed by atoms with Gasteiger partial charge in [0, 0.05) is 5.38 Å². The molecule has 0 saturated heterocycles. The maximum atomic E-state index is 11.6. The second-order valence-corrected chi connectivity index (χ2v) is 5.11. The summed E-state index contributed by atoms with van der Waals surface area (Å²) in [5.41, 5.74) is 7.20. The molecular weight excluding hydrogens is 262 g/mol. The van der Waals surface area contributed by atoms with Crippen molar-refractivity contribution in [3.63, 3.8) is 0 Å². The second-order valence-electron chi connectivity index (χ2n) is 4.39. The molecule has 6 heteroatoms. The van der Waals surface area contributed by atoms with Crippen molar-refractivity contribution in [3.8, 4) is 0 Å². The van der Waals surface area contributed by atoms with Gasteiger partial charge in [0.25, 0.3) is 0 Å². The van der Waals surface area contributed by atoms with E-state index in [0.29, 0.717) is 5.82 Å². The normalized spacial score (nSPS) is 15.5. The average Bonchev–Trinajstić information content (AvgIpc) is 2.91. The number of carbonyl (C=O) groups is 1. The molecule has 2 aromatic rings. The van der Waals surface area contributed by atoms with Crippen molar-refractivity contribution in [1.29, 1.82) is 0 Å². The predicted molar refractivity (Wildman–Crippen MR) is 75.1 cm³/mol. The molecule has 0 radical (unpaired) electrons. The first-order valence-electron chi connectivity index (χ1n) is 5.74. The molecule has 19 heavy (non-hydrogen) atoms. The summed E-state index contributed by atoms with van der Waals surface area (Å²) in [4.78, 5) is 15.6. The number of anilines is 1. The molecule has 4 N–H and O–H groups in total. The van der Waals surface area contributed by atoms with Gasteiger partial charge in [0.15, 0.2) is 5.54 Å². The fourth-order valence-electron chi connectivity index (χ4n) is 1.80. The van der Waals surface area contributed by atoms with E-state index >= 15 is 0 Å². The molecule has 0 bridgehead atoms. The average molecular weight is 277 g/mol. The Hall–Kier alpha value is -1.92. The van der Waals surface area contributed by atoms with E-state index in [1.165, 1.54) is 11.3 Å². The minimum Gasteiger partial charge on any atom is -0.479 e. The molecule has 2 unspecified atom stereocenters. The third-order valence-electron chi connectivity index (χ3n) is 3.05. The van der Waals surface area contributed by atoms with Crippen molar-refractivity contribution < 1.29 is 9.90 Å². The summed E-state index contributed by atoms with van der Waals surface area (Å²) in [5.74, 6) is -0.502. The van der Waals surface area contributed by atoms with Gasteiger partial charge in [-0.3, -0.25) is 0 Å². The summed E-state index contributed by atoms with van der Waals surface area (Å²) in [6.45, 7) is 1.56. The van der Waals surface area contributed by atoms with E-state index in [2.05, 4.69) is 10.3 Å². The lowest BCUT2D eigenvalue weighted by molar-refractivity contribution is -0.142. The first-order chi connectivity index (χ1) is 9.04. The highest BCUT2D eigenvalue weighted by Gasteiger charge is 2.40. The van der Waals surface area contributed by atoms with Crippen LogP contribution in [0.3, 0.4) is 0 Å². The zero-order valence-corrected chi connectivity index (χ0v) is 11.2. The number of hydrogen-bond acceptors (Lipinski definition) is 5. The summed E-state index contributed by atoms with van der Waals surface area (Å²) < 4.78 is 0. The van der Waals surface area contributed by atoms with Crippen molar-refractivity contribution in [1.82, 2.24) is 4.98 Å². The van der Waals surface area contributed by atoms with E-state index in [0.717, 1.165) is 5.56 Å². The molecule has 0 saturated carbocycles. The van der Waals surface area contributed by atoms with Gasteiger partial charge in [0.2, 0.25) is 0 Å². The largest absolute Gasteiger partial charge is 0.479 e. The number of benzene rings is 1. The Balaban J connectivity index is 2.31. The first kappa shape index (κ1) is 13.5.